The second kappa shape index (κ2) is 13.2. The van der Waals surface area contributed by atoms with Crippen molar-refractivity contribution in [1.82, 2.24) is 25.1 Å². The zero-order valence-electron chi connectivity index (χ0n) is 22.6. The topological polar surface area (TPSA) is 163 Å². The maximum atomic E-state index is 13.6. The molecule has 1 saturated heterocycles. The molecular formula is C26H35N6O7P. The van der Waals surface area contributed by atoms with Gasteiger partial charge in [-0.25, -0.2) is 14.8 Å². The molecule has 0 radical (unpaired) electrons. The highest BCUT2D eigenvalue weighted by atomic mass is 31.2. The van der Waals surface area contributed by atoms with Crippen molar-refractivity contribution in [1.29, 1.82) is 0 Å². The lowest BCUT2D eigenvalue weighted by Crippen LogP contribution is -2.56. The van der Waals surface area contributed by atoms with E-state index in [9.17, 15) is 24.1 Å². The summed E-state index contributed by atoms with van der Waals surface area (Å²) in [4.78, 5) is 50.2. The van der Waals surface area contributed by atoms with Crippen LogP contribution in [0.15, 0.2) is 36.4 Å². The summed E-state index contributed by atoms with van der Waals surface area (Å²) in [6.45, 7) is 4.01. The molecule has 1 saturated carbocycles. The Balaban J connectivity index is 1.60. The van der Waals surface area contributed by atoms with Gasteiger partial charge in [-0.1, -0.05) is 30.3 Å². The first-order valence-electron chi connectivity index (χ1n) is 13.4. The number of aromatic nitrogens is 2. The Morgan fingerprint density at radius 2 is 1.65 bits per heavy atom. The van der Waals surface area contributed by atoms with E-state index < -0.39 is 31.5 Å². The Labute approximate surface area is 232 Å². The summed E-state index contributed by atoms with van der Waals surface area (Å²) < 4.78 is 24.2. The Hall–Kier alpha value is -3.54. The molecule has 2 aromatic rings. The Kier molecular flexibility index (Phi) is 9.72. The van der Waals surface area contributed by atoms with Crippen LogP contribution < -0.4 is 10.6 Å². The molecule has 1 aromatic carbocycles. The second-order valence-corrected chi connectivity index (χ2v) is 11.6. The first-order valence-corrected chi connectivity index (χ1v) is 15.1. The van der Waals surface area contributed by atoms with Crippen LogP contribution >= 0.6 is 7.60 Å². The van der Waals surface area contributed by atoms with Crippen LogP contribution in [-0.2, 0) is 18.4 Å². The summed E-state index contributed by atoms with van der Waals surface area (Å²) >= 11 is 0. The van der Waals surface area contributed by atoms with Crippen LogP contribution in [0.25, 0.3) is 11.4 Å². The molecule has 1 aliphatic carbocycles. The van der Waals surface area contributed by atoms with Gasteiger partial charge in [0.15, 0.2) is 5.82 Å². The number of rotatable bonds is 12. The van der Waals surface area contributed by atoms with Crippen molar-refractivity contribution in [3.8, 4) is 11.4 Å². The number of benzene rings is 1. The maximum Gasteiger partial charge on any atom is 0.407 e. The molecule has 2 fully saturated rings. The van der Waals surface area contributed by atoms with Crippen molar-refractivity contribution in [2.24, 2.45) is 0 Å². The van der Waals surface area contributed by atoms with E-state index in [-0.39, 0.29) is 57.3 Å². The smallest absolute Gasteiger partial charge is 0.407 e. The molecule has 1 aromatic heterocycles. The predicted molar refractivity (Wildman–Crippen MR) is 147 cm³/mol. The molecule has 216 valence electrons. The summed E-state index contributed by atoms with van der Waals surface area (Å²) in [5.41, 5.74) is 0.755. The fourth-order valence-electron chi connectivity index (χ4n) is 4.31. The minimum atomic E-state index is -3.75. The number of carboxylic acid groups (broad SMARTS) is 1. The number of carbonyl (C=O) groups is 3. The fraction of sp³-hybridized carbons (Fsp3) is 0.500. The van der Waals surface area contributed by atoms with Gasteiger partial charge in [-0.15, -0.1) is 0 Å². The lowest BCUT2D eigenvalue weighted by atomic mass is 10.2. The number of nitrogens with one attached hydrogen (secondary N) is 2. The van der Waals surface area contributed by atoms with Crippen LogP contribution in [0.5, 0.6) is 0 Å². The zero-order chi connectivity index (χ0) is 28.7. The average Bonchev–Trinajstić information content (AvgIpc) is 3.77. The van der Waals surface area contributed by atoms with Crippen LogP contribution in [0, 0.1) is 0 Å². The molecule has 13 nitrogen and oxygen atoms in total. The number of anilines is 1. The molecule has 0 spiro atoms. The molecule has 2 aliphatic rings. The number of nitrogens with zero attached hydrogens (tertiary/aromatic N) is 4. The first-order chi connectivity index (χ1) is 19.2. The van der Waals surface area contributed by atoms with Gasteiger partial charge in [-0.3, -0.25) is 14.2 Å². The standard InChI is InChI=1S/C26H35N6O7P/c1-3-38-40(37,39-4-2)17-21(25(34)31-12-14-32(15-13-31)26(35)36)29-24(33)20-16-22(27-19-10-11-19)30-23(28-20)18-8-6-5-7-9-18/h5-9,16,19,21H,3-4,10-15,17H2,1-2H3,(H,29,33)(H,35,36)(H,27,28,30)/t21-/m0/s1. The maximum absolute atomic E-state index is 13.6. The fourth-order valence-corrected chi connectivity index (χ4v) is 6.07. The van der Waals surface area contributed by atoms with Gasteiger partial charge in [0.1, 0.15) is 17.6 Å². The molecular weight excluding hydrogens is 539 g/mol. The SMILES string of the molecule is CCOP(=O)(C[C@H](NC(=O)c1cc(NC2CC2)nc(-c2ccccc2)n1)C(=O)N1CCN(C(=O)O)CC1)OCC. The summed E-state index contributed by atoms with van der Waals surface area (Å²) in [5, 5.41) is 15.2. The monoisotopic (exact) mass is 574 g/mol. The number of piperazine rings is 1. The molecule has 1 atom stereocenters. The van der Waals surface area contributed by atoms with E-state index in [0.717, 1.165) is 18.4 Å². The third-order valence-corrected chi connectivity index (χ3v) is 8.56. The third-order valence-electron chi connectivity index (χ3n) is 6.44. The molecule has 0 unspecified atom stereocenters. The predicted octanol–water partition coefficient (Wildman–Crippen LogP) is 2.90. The molecule has 2 heterocycles. The largest absolute Gasteiger partial charge is 0.465 e. The summed E-state index contributed by atoms with van der Waals surface area (Å²) in [6.07, 6.45) is 0.550. The van der Waals surface area contributed by atoms with Gasteiger partial charge < -0.3 is 34.6 Å². The van der Waals surface area contributed by atoms with Crippen LogP contribution in [0.3, 0.4) is 0 Å². The number of hydrogen-bond acceptors (Lipinski definition) is 9. The van der Waals surface area contributed by atoms with E-state index in [1.807, 2.05) is 30.3 Å². The molecule has 1 aliphatic heterocycles. The molecule has 0 bridgehead atoms. The lowest BCUT2D eigenvalue weighted by molar-refractivity contribution is -0.134. The Bertz CT molecular complexity index is 1240. The van der Waals surface area contributed by atoms with Crippen LogP contribution in [0.4, 0.5) is 10.6 Å². The molecule has 4 rings (SSSR count). The summed E-state index contributed by atoms with van der Waals surface area (Å²) in [5.74, 6) is -0.325. The second-order valence-electron chi connectivity index (χ2n) is 9.50. The quantitative estimate of drug-likeness (QED) is 0.321. The minimum absolute atomic E-state index is 0.0353. The molecule has 3 N–H and O–H groups in total. The van der Waals surface area contributed by atoms with E-state index in [1.165, 1.54) is 15.9 Å². The van der Waals surface area contributed by atoms with Crippen molar-refractivity contribution in [2.45, 2.75) is 38.8 Å². The molecule has 3 amide bonds. The van der Waals surface area contributed by atoms with Crippen LogP contribution in [-0.4, -0.2) is 100 Å². The van der Waals surface area contributed by atoms with Gasteiger partial charge >= 0.3 is 13.7 Å². The van der Waals surface area contributed by atoms with Gasteiger partial charge in [0, 0.05) is 43.9 Å². The van der Waals surface area contributed by atoms with E-state index in [4.69, 9.17) is 9.05 Å². The third kappa shape index (κ3) is 7.77. The van der Waals surface area contributed by atoms with E-state index >= 15 is 0 Å². The Morgan fingerprint density at radius 3 is 2.23 bits per heavy atom. The van der Waals surface area contributed by atoms with E-state index in [1.54, 1.807) is 13.8 Å². The summed E-state index contributed by atoms with van der Waals surface area (Å²) in [7, 11) is -3.75. The first kappa shape index (κ1) is 29.4. The molecule has 40 heavy (non-hydrogen) atoms. The Morgan fingerprint density at radius 1 is 1.02 bits per heavy atom. The van der Waals surface area contributed by atoms with Crippen molar-refractivity contribution in [2.75, 3.05) is 50.9 Å². The average molecular weight is 575 g/mol. The number of carbonyl (C=O) groups excluding carboxylic acids is 2. The highest BCUT2D eigenvalue weighted by Gasteiger charge is 2.37. The van der Waals surface area contributed by atoms with Crippen LogP contribution in [0.1, 0.15) is 37.2 Å². The van der Waals surface area contributed by atoms with E-state index in [0.29, 0.717) is 11.6 Å². The number of hydrogen-bond donors (Lipinski definition) is 3. The van der Waals surface area contributed by atoms with Gasteiger partial charge in [-0.2, -0.15) is 0 Å². The van der Waals surface area contributed by atoms with Crippen LogP contribution in [0.2, 0.25) is 0 Å². The van der Waals surface area contributed by atoms with Gasteiger partial charge in [0.25, 0.3) is 5.91 Å². The normalized spacial score (nSPS) is 16.4. The summed E-state index contributed by atoms with van der Waals surface area (Å²) in [6, 6.07) is 9.76. The highest BCUT2D eigenvalue weighted by molar-refractivity contribution is 7.54. The van der Waals surface area contributed by atoms with Crippen molar-refractivity contribution in [3.05, 3.63) is 42.1 Å². The number of amides is 3. The van der Waals surface area contributed by atoms with Gasteiger partial charge in [0.2, 0.25) is 5.91 Å². The van der Waals surface area contributed by atoms with Crippen molar-refractivity contribution in [3.63, 3.8) is 0 Å². The highest BCUT2D eigenvalue weighted by Crippen LogP contribution is 2.48. The van der Waals surface area contributed by atoms with Gasteiger partial charge in [0.05, 0.1) is 19.4 Å². The molecule has 14 heteroatoms. The van der Waals surface area contributed by atoms with E-state index in [2.05, 4.69) is 20.6 Å². The minimum Gasteiger partial charge on any atom is -0.465 e. The lowest BCUT2D eigenvalue weighted by Gasteiger charge is -2.35. The zero-order valence-corrected chi connectivity index (χ0v) is 23.5. The van der Waals surface area contributed by atoms with Crippen molar-refractivity contribution >= 4 is 31.3 Å². The van der Waals surface area contributed by atoms with Crippen molar-refractivity contribution < 1.29 is 33.1 Å². The van der Waals surface area contributed by atoms with Gasteiger partial charge in [-0.05, 0) is 26.7 Å².